The number of nitrogens with zero attached hydrogens (tertiary/aromatic N) is 2. The van der Waals surface area contributed by atoms with Gasteiger partial charge in [-0.15, -0.1) is 0 Å². The molecule has 0 atom stereocenters. The Morgan fingerprint density at radius 1 is 1.53 bits per heavy atom. The molecule has 88 valence electrons. The second-order valence-corrected chi connectivity index (χ2v) is 4.77. The molecule has 0 aromatic carbocycles. The fourth-order valence-electron chi connectivity index (χ4n) is 2.30. The minimum Gasteiger partial charge on any atom is -0.346 e. The molecule has 0 unspecified atom stereocenters. The standard InChI is InChI=1S/C12H13ClN4/c13-9-6-16-12-8(4-5-15-12)10(9)11(17-14)7-2-1-3-7/h4-7H,1-3,14H2,(H,15,16)/b17-11-. The number of hydrogen-bond acceptors (Lipinski definition) is 3. The molecular weight excluding hydrogens is 236 g/mol. The van der Waals surface area contributed by atoms with Crippen LogP contribution in [0.5, 0.6) is 0 Å². The van der Waals surface area contributed by atoms with Crippen molar-refractivity contribution in [3.05, 3.63) is 29.0 Å². The van der Waals surface area contributed by atoms with Crippen LogP contribution >= 0.6 is 11.6 Å². The Kier molecular flexibility index (Phi) is 2.52. The summed E-state index contributed by atoms with van der Waals surface area (Å²) in [5.74, 6) is 5.99. The second kappa shape index (κ2) is 4.04. The minimum atomic E-state index is 0.443. The number of H-pyrrole nitrogens is 1. The monoisotopic (exact) mass is 248 g/mol. The summed E-state index contributed by atoms with van der Waals surface area (Å²) in [5, 5.41) is 5.57. The Morgan fingerprint density at radius 2 is 2.35 bits per heavy atom. The molecule has 0 bridgehead atoms. The van der Waals surface area contributed by atoms with Crippen molar-refractivity contribution >= 4 is 28.3 Å². The van der Waals surface area contributed by atoms with E-state index >= 15 is 0 Å². The van der Waals surface area contributed by atoms with E-state index in [1.54, 1.807) is 6.20 Å². The average Bonchev–Trinajstić information content (AvgIpc) is 2.72. The Balaban J connectivity index is 2.20. The number of aromatic nitrogens is 2. The largest absolute Gasteiger partial charge is 0.346 e. The Morgan fingerprint density at radius 3 is 3.00 bits per heavy atom. The number of rotatable bonds is 2. The molecule has 1 saturated carbocycles. The van der Waals surface area contributed by atoms with Crippen LogP contribution in [0.15, 0.2) is 23.6 Å². The third-order valence-electron chi connectivity index (χ3n) is 3.43. The smallest absolute Gasteiger partial charge is 0.137 e. The maximum absolute atomic E-state index is 6.25. The average molecular weight is 249 g/mol. The van der Waals surface area contributed by atoms with E-state index in [1.807, 2.05) is 12.3 Å². The number of pyridine rings is 1. The fraction of sp³-hybridized carbons (Fsp3) is 0.333. The van der Waals surface area contributed by atoms with Crippen molar-refractivity contribution in [1.29, 1.82) is 0 Å². The van der Waals surface area contributed by atoms with Gasteiger partial charge in [-0.2, -0.15) is 5.10 Å². The van der Waals surface area contributed by atoms with Gasteiger partial charge in [0.15, 0.2) is 0 Å². The van der Waals surface area contributed by atoms with E-state index in [1.165, 1.54) is 6.42 Å². The van der Waals surface area contributed by atoms with Crippen LogP contribution in [-0.2, 0) is 0 Å². The summed E-state index contributed by atoms with van der Waals surface area (Å²) < 4.78 is 0. The van der Waals surface area contributed by atoms with Crippen LogP contribution in [0.25, 0.3) is 11.0 Å². The summed E-state index contributed by atoms with van der Waals surface area (Å²) in [5.41, 5.74) is 2.67. The molecule has 0 spiro atoms. The Bertz CT molecular complexity index is 583. The van der Waals surface area contributed by atoms with Crippen LogP contribution in [0, 0.1) is 5.92 Å². The molecule has 2 aromatic heterocycles. The second-order valence-electron chi connectivity index (χ2n) is 4.36. The third-order valence-corrected chi connectivity index (χ3v) is 3.71. The quantitative estimate of drug-likeness (QED) is 0.487. The number of aromatic amines is 1. The number of hydrazone groups is 1. The van der Waals surface area contributed by atoms with Crippen molar-refractivity contribution in [2.24, 2.45) is 16.9 Å². The molecule has 5 heteroatoms. The van der Waals surface area contributed by atoms with Gasteiger partial charge in [0.1, 0.15) is 5.65 Å². The number of nitrogens with one attached hydrogen (secondary N) is 1. The highest BCUT2D eigenvalue weighted by Gasteiger charge is 2.27. The molecule has 17 heavy (non-hydrogen) atoms. The first kappa shape index (κ1) is 10.6. The molecule has 2 heterocycles. The maximum Gasteiger partial charge on any atom is 0.137 e. The van der Waals surface area contributed by atoms with Crippen molar-refractivity contribution in [3.8, 4) is 0 Å². The van der Waals surface area contributed by atoms with Gasteiger partial charge in [-0.3, -0.25) is 0 Å². The van der Waals surface area contributed by atoms with E-state index < -0.39 is 0 Å². The van der Waals surface area contributed by atoms with Gasteiger partial charge >= 0.3 is 0 Å². The highest BCUT2D eigenvalue weighted by atomic mass is 35.5. The van der Waals surface area contributed by atoms with E-state index in [2.05, 4.69) is 15.1 Å². The van der Waals surface area contributed by atoms with E-state index in [0.717, 1.165) is 35.2 Å². The van der Waals surface area contributed by atoms with Gasteiger partial charge in [-0.1, -0.05) is 18.0 Å². The van der Waals surface area contributed by atoms with Gasteiger partial charge in [0.05, 0.1) is 10.7 Å². The first-order valence-electron chi connectivity index (χ1n) is 5.71. The minimum absolute atomic E-state index is 0.443. The summed E-state index contributed by atoms with van der Waals surface area (Å²) in [6.45, 7) is 0. The Hall–Kier alpha value is -1.55. The lowest BCUT2D eigenvalue weighted by Gasteiger charge is -2.27. The van der Waals surface area contributed by atoms with Crippen LogP contribution < -0.4 is 5.84 Å². The van der Waals surface area contributed by atoms with E-state index in [-0.39, 0.29) is 0 Å². The van der Waals surface area contributed by atoms with Gasteiger partial charge in [0.2, 0.25) is 0 Å². The van der Waals surface area contributed by atoms with Crippen molar-refractivity contribution in [1.82, 2.24) is 9.97 Å². The molecular formula is C12H13ClN4. The molecule has 2 aromatic rings. The summed E-state index contributed by atoms with van der Waals surface area (Å²) >= 11 is 6.25. The molecule has 0 amide bonds. The molecule has 3 rings (SSSR count). The third kappa shape index (κ3) is 1.60. The molecule has 0 radical (unpaired) electrons. The summed E-state index contributed by atoms with van der Waals surface area (Å²) in [6, 6.07) is 1.97. The van der Waals surface area contributed by atoms with Crippen LogP contribution in [0.1, 0.15) is 24.8 Å². The molecule has 3 N–H and O–H groups in total. The van der Waals surface area contributed by atoms with Gasteiger partial charge in [-0.25, -0.2) is 4.98 Å². The number of nitrogens with two attached hydrogens (primary N) is 1. The number of hydrogen-bond donors (Lipinski definition) is 2. The fourth-order valence-corrected chi connectivity index (χ4v) is 2.55. The zero-order valence-corrected chi connectivity index (χ0v) is 10.0. The van der Waals surface area contributed by atoms with E-state index in [4.69, 9.17) is 17.4 Å². The van der Waals surface area contributed by atoms with Crippen LogP contribution in [0.3, 0.4) is 0 Å². The molecule has 1 fully saturated rings. The Labute approximate surface area is 104 Å². The van der Waals surface area contributed by atoms with Gasteiger partial charge in [0.25, 0.3) is 0 Å². The molecule has 1 aliphatic carbocycles. The summed E-state index contributed by atoms with van der Waals surface area (Å²) in [6.07, 6.45) is 7.02. The van der Waals surface area contributed by atoms with E-state index in [9.17, 15) is 0 Å². The lowest BCUT2D eigenvalue weighted by Crippen LogP contribution is -2.24. The lowest BCUT2D eigenvalue weighted by molar-refractivity contribution is 0.413. The predicted octanol–water partition coefficient (Wildman–Crippen LogP) is 2.68. The molecule has 0 aliphatic heterocycles. The first-order chi connectivity index (χ1) is 8.31. The normalized spacial score (nSPS) is 17.4. The van der Waals surface area contributed by atoms with E-state index in [0.29, 0.717) is 10.9 Å². The molecule has 0 saturated heterocycles. The van der Waals surface area contributed by atoms with Gasteiger partial charge in [-0.05, 0) is 18.9 Å². The number of halogens is 1. The van der Waals surface area contributed by atoms with Crippen LogP contribution in [-0.4, -0.2) is 15.7 Å². The molecule has 1 aliphatic rings. The highest BCUT2D eigenvalue weighted by Crippen LogP contribution is 2.34. The van der Waals surface area contributed by atoms with Gasteiger partial charge in [0, 0.05) is 29.3 Å². The summed E-state index contributed by atoms with van der Waals surface area (Å²) in [7, 11) is 0. The zero-order valence-electron chi connectivity index (χ0n) is 9.28. The van der Waals surface area contributed by atoms with Crippen molar-refractivity contribution < 1.29 is 0 Å². The highest BCUT2D eigenvalue weighted by molar-refractivity contribution is 6.36. The first-order valence-corrected chi connectivity index (χ1v) is 6.09. The number of fused-ring (bicyclic) bond motifs is 1. The summed E-state index contributed by atoms with van der Waals surface area (Å²) in [4.78, 5) is 7.31. The zero-order chi connectivity index (χ0) is 11.8. The topological polar surface area (TPSA) is 67.1 Å². The van der Waals surface area contributed by atoms with Crippen molar-refractivity contribution in [2.45, 2.75) is 19.3 Å². The molecule has 4 nitrogen and oxygen atoms in total. The maximum atomic E-state index is 6.25. The van der Waals surface area contributed by atoms with Gasteiger partial charge < -0.3 is 10.8 Å². The lowest BCUT2D eigenvalue weighted by atomic mass is 9.79. The van der Waals surface area contributed by atoms with Crippen molar-refractivity contribution in [3.63, 3.8) is 0 Å². The SMILES string of the molecule is N/N=C(\c1c(Cl)cnc2[nH]ccc12)C1CCC1. The predicted molar refractivity (Wildman–Crippen MR) is 69.2 cm³/mol. The van der Waals surface area contributed by atoms with Crippen LogP contribution in [0.4, 0.5) is 0 Å². The van der Waals surface area contributed by atoms with Crippen LogP contribution in [0.2, 0.25) is 5.02 Å². The van der Waals surface area contributed by atoms with Crippen molar-refractivity contribution in [2.75, 3.05) is 0 Å².